The number of likely N-dealkylation sites (tertiary alicyclic amines) is 1. The van der Waals surface area contributed by atoms with Gasteiger partial charge in [0.2, 0.25) is 5.95 Å². The highest BCUT2D eigenvalue weighted by Gasteiger charge is 2.36. The number of anilines is 1. The largest absolute Gasteiger partial charge is 0.444 e. The Hall–Kier alpha value is -2.52. The number of rotatable bonds is 3. The molecular formula is C26H34Br2N6O4. The molecule has 2 aliphatic heterocycles. The number of hydrogen-bond acceptors (Lipinski definition) is 7. The zero-order valence-corrected chi connectivity index (χ0v) is 25.8. The van der Waals surface area contributed by atoms with Crippen LogP contribution in [0.5, 0.6) is 0 Å². The zero-order valence-electron chi connectivity index (χ0n) is 22.6. The highest BCUT2D eigenvalue weighted by molar-refractivity contribution is 9.13. The Labute approximate surface area is 239 Å². The van der Waals surface area contributed by atoms with Crippen LogP contribution in [0, 0.1) is 11.3 Å². The van der Waals surface area contributed by atoms with Crippen molar-refractivity contribution in [1.29, 1.82) is 5.26 Å². The molecule has 0 radical (unpaired) electrons. The first-order valence-electron chi connectivity index (χ1n) is 12.7. The van der Waals surface area contributed by atoms with Crippen molar-refractivity contribution < 1.29 is 19.1 Å². The van der Waals surface area contributed by atoms with E-state index in [1.54, 1.807) is 4.90 Å². The van der Waals surface area contributed by atoms with Gasteiger partial charge in [-0.1, -0.05) is 0 Å². The van der Waals surface area contributed by atoms with Crippen molar-refractivity contribution in [2.45, 2.75) is 77.7 Å². The number of alkyl carbamates (subject to hydrolysis) is 1. The molecule has 0 saturated carbocycles. The van der Waals surface area contributed by atoms with Gasteiger partial charge in [-0.25, -0.2) is 14.6 Å². The van der Waals surface area contributed by atoms with Crippen molar-refractivity contribution in [3.63, 3.8) is 0 Å². The topological polar surface area (TPSA) is 113 Å². The number of nitrogens with zero attached hydrogens (tertiary/aromatic N) is 5. The first-order valence-corrected chi connectivity index (χ1v) is 14.3. The van der Waals surface area contributed by atoms with Crippen LogP contribution >= 0.6 is 31.9 Å². The molecule has 2 aliphatic rings. The van der Waals surface area contributed by atoms with Gasteiger partial charge in [0.05, 0.1) is 27.6 Å². The fourth-order valence-corrected chi connectivity index (χ4v) is 5.63. The summed E-state index contributed by atoms with van der Waals surface area (Å²) in [5, 5.41) is 12.9. The highest BCUT2D eigenvalue weighted by atomic mass is 79.9. The lowest BCUT2D eigenvalue weighted by Gasteiger charge is -2.26. The second-order valence-electron chi connectivity index (χ2n) is 11.8. The van der Waals surface area contributed by atoms with Gasteiger partial charge in [-0.2, -0.15) is 5.26 Å². The smallest absolute Gasteiger partial charge is 0.410 e. The normalized spacial score (nSPS) is 20.1. The fourth-order valence-electron chi connectivity index (χ4n) is 4.83. The SMILES string of the molecule is CC(C)(C)OC(=O)N[C@@H]1CCN(c2nc3c(C#N)c(Br)c(Br)cc3n2[C@H]2CCN(C(=O)OC(C)(C)C)C2)C1. The van der Waals surface area contributed by atoms with Crippen molar-refractivity contribution in [3.05, 3.63) is 20.6 Å². The Morgan fingerprint density at radius 1 is 1.08 bits per heavy atom. The number of benzene rings is 1. The maximum Gasteiger partial charge on any atom is 0.410 e. The molecule has 0 aliphatic carbocycles. The van der Waals surface area contributed by atoms with E-state index in [2.05, 4.69) is 52.7 Å². The van der Waals surface area contributed by atoms with E-state index in [9.17, 15) is 14.9 Å². The lowest BCUT2D eigenvalue weighted by atomic mass is 10.2. The summed E-state index contributed by atoms with van der Waals surface area (Å²) in [7, 11) is 0. The van der Waals surface area contributed by atoms with Crippen molar-refractivity contribution >= 4 is 61.0 Å². The molecule has 2 amide bonds. The molecule has 0 bridgehead atoms. The molecular weight excluding hydrogens is 620 g/mol. The van der Waals surface area contributed by atoms with Crippen LogP contribution in [0.3, 0.4) is 0 Å². The number of ether oxygens (including phenoxy) is 2. The molecule has 0 unspecified atom stereocenters. The van der Waals surface area contributed by atoms with Crippen molar-refractivity contribution in [3.8, 4) is 6.07 Å². The predicted molar refractivity (Wildman–Crippen MR) is 151 cm³/mol. The van der Waals surface area contributed by atoms with Crippen LogP contribution in [0.25, 0.3) is 11.0 Å². The molecule has 1 aromatic carbocycles. The van der Waals surface area contributed by atoms with Gasteiger partial charge in [-0.15, -0.1) is 0 Å². The zero-order chi connectivity index (χ0) is 28.0. The summed E-state index contributed by atoms with van der Waals surface area (Å²) in [5.41, 5.74) is 0.696. The third-order valence-electron chi connectivity index (χ3n) is 6.34. The lowest BCUT2D eigenvalue weighted by molar-refractivity contribution is 0.0288. The average molecular weight is 654 g/mol. The first kappa shape index (κ1) is 28.5. The quantitative estimate of drug-likeness (QED) is 0.451. The second-order valence-corrected chi connectivity index (χ2v) is 13.4. The van der Waals surface area contributed by atoms with Gasteiger partial charge >= 0.3 is 12.2 Å². The van der Waals surface area contributed by atoms with Gasteiger partial charge in [0.25, 0.3) is 0 Å². The van der Waals surface area contributed by atoms with Crippen molar-refractivity contribution in [1.82, 2.24) is 19.8 Å². The first-order chi connectivity index (χ1) is 17.7. The number of aromatic nitrogens is 2. The molecule has 12 heteroatoms. The van der Waals surface area contributed by atoms with Gasteiger partial charge in [0, 0.05) is 30.7 Å². The van der Waals surface area contributed by atoms with E-state index >= 15 is 0 Å². The van der Waals surface area contributed by atoms with Crippen LogP contribution in [0.1, 0.15) is 66.0 Å². The van der Waals surface area contributed by atoms with Gasteiger partial charge in [-0.05, 0) is 92.3 Å². The Balaban J connectivity index is 1.66. The van der Waals surface area contributed by atoms with Gasteiger partial charge < -0.3 is 29.2 Å². The van der Waals surface area contributed by atoms with E-state index < -0.39 is 17.3 Å². The fraction of sp³-hybridized carbons (Fsp3) is 0.615. The molecule has 38 heavy (non-hydrogen) atoms. The van der Waals surface area contributed by atoms with Crippen molar-refractivity contribution in [2.75, 3.05) is 31.1 Å². The molecule has 4 rings (SSSR count). The third kappa shape index (κ3) is 6.20. The molecule has 2 atom stereocenters. The molecule has 2 fully saturated rings. The second kappa shape index (κ2) is 10.6. The maximum atomic E-state index is 12.8. The number of nitrogens with one attached hydrogen (secondary N) is 1. The summed E-state index contributed by atoms with van der Waals surface area (Å²) in [5.74, 6) is 0.714. The molecule has 206 valence electrons. The number of hydrogen-bond donors (Lipinski definition) is 1. The summed E-state index contributed by atoms with van der Waals surface area (Å²) in [6.45, 7) is 13.3. The maximum absolute atomic E-state index is 12.8. The minimum absolute atomic E-state index is 0.0556. The van der Waals surface area contributed by atoms with Gasteiger partial charge in [0.1, 0.15) is 22.8 Å². The standard InChI is InChI=1S/C26H34Br2N6O4/c1-25(2,3)37-23(35)30-15-7-9-32(13-15)22-31-21-17(12-29)20(28)18(27)11-19(21)34(22)16-8-10-33(14-16)24(36)38-26(4,5)6/h11,15-16H,7-10,13-14H2,1-6H3,(H,30,35)/t15-,16+/m1/s1. The van der Waals surface area contributed by atoms with Crippen LogP contribution < -0.4 is 10.2 Å². The Morgan fingerprint density at radius 2 is 1.76 bits per heavy atom. The summed E-state index contributed by atoms with van der Waals surface area (Å²) in [6, 6.07) is 4.08. The van der Waals surface area contributed by atoms with Crippen LogP contribution in [0.2, 0.25) is 0 Å². The minimum atomic E-state index is -0.577. The summed E-state index contributed by atoms with van der Waals surface area (Å²) in [4.78, 5) is 33.9. The number of nitriles is 1. The Morgan fingerprint density at radius 3 is 2.39 bits per heavy atom. The van der Waals surface area contributed by atoms with Crippen LogP contribution in [-0.4, -0.2) is 70.1 Å². The molecule has 10 nitrogen and oxygen atoms in total. The van der Waals surface area contributed by atoms with E-state index in [4.69, 9.17) is 14.5 Å². The molecule has 2 saturated heterocycles. The van der Waals surface area contributed by atoms with Crippen LogP contribution in [0.15, 0.2) is 15.0 Å². The Bertz CT molecular complexity index is 1290. The van der Waals surface area contributed by atoms with E-state index in [1.165, 1.54) is 0 Å². The van der Waals surface area contributed by atoms with Gasteiger partial charge in [-0.3, -0.25) is 0 Å². The number of amides is 2. The Kier molecular flexibility index (Phi) is 7.92. The summed E-state index contributed by atoms with van der Waals surface area (Å²) < 4.78 is 14.6. The number of carbonyl (C=O) groups is 2. The number of carbonyl (C=O) groups excluding carboxylic acids is 2. The van der Waals surface area contributed by atoms with E-state index in [-0.39, 0.29) is 18.2 Å². The minimum Gasteiger partial charge on any atom is -0.444 e. The number of imidazole rings is 1. The average Bonchev–Trinajstić information content (AvgIpc) is 3.50. The molecule has 3 heterocycles. The van der Waals surface area contributed by atoms with E-state index in [0.29, 0.717) is 47.7 Å². The molecule has 1 aromatic heterocycles. The molecule has 2 aromatic rings. The third-order valence-corrected chi connectivity index (χ3v) is 8.32. The monoisotopic (exact) mass is 652 g/mol. The number of halogens is 2. The lowest BCUT2D eigenvalue weighted by Crippen LogP contribution is -2.40. The predicted octanol–water partition coefficient (Wildman–Crippen LogP) is 5.72. The number of fused-ring (bicyclic) bond motifs is 1. The summed E-state index contributed by atoms with van der Waals surface area (Å²) >= 11 is 7.09. The van der Waals surface area contributed by atoms with E-state index in [0.717, 1.165) is 22.8 Å². The van der Waals surface area contributed by atoms with Crippen molar-refractivity contribution in [2.24, 2.45) is 0 Å². The molecule has 0 spiro atoms. The molecule has 1 N–H and O–H groups in total. The van der Waals surface area contributed by atoms with Crippen LogP contribution in [-0.2, 0) is 9.47 Å². The van der Waals surface area contributed by atoms with Crippen LogP contribution in [0.4, 0.5) is 15.5 Å². The van der Waals surface area contributed by atoms with E-state index in [1.807, 2.05) is 47.6 Å². The van der Waals surface area contributed by atoms with Gasteiger partial charge in [0.15, 0.2) is 0 Å². The highest BCUT2D eigenvalue weighted by Crippen LogP contribution is 2.39. The summed E-state index contributed by atoms with van der Waals surface area (Å²) in [6.07, 6.45) is 0.674.